The average Bonchev–Trinajstić information content (AvgIpc) is 3.13. The summed E-state index contributed by atoms with van der Waals surface area (Å²) in [6, 6.07) is 14.3. The average molecular weight is 427 g/mol. The Morgan fingerprint density at radius 3 is 2.00 bits per heavy atom. The lowest BCUT2D eigenvalue weighted by molar-refractivity contribution is -0.279. The van der Waals surface area contributed by atoms with E-state index < -0.39 is 37.0 Å². The van der Waals surface area contributed by atoms with E-state index in [0.29, 0.717) is 21.2 Å². The molecule has 0 spiro atoms. The van der Waals surface area contributed by atoms with Gasteiger partial charge in [-0.15, -0.1) is 0 Å². The zero-order chi connectivity index (χ0) is 19.7. The quantitative estimate of drug-likeness (QED) is 0.781. The van der Waals surface area contributed by atoms with Crippen molar-refractivity contribution in [2.45, 2.75) is 37.0 Å². The highest BCUT2D eigenvalue weighted by Gasteiger charge is 2.48. The van der Waals surface area contributed by atoms with Gasteiger partial charge in [0.1, 0.15) is 24.4 Å². The van der Waals surface area contributed by atoms with E-state index in [4.69, 9.17) is 42.1 Å². The van der Waals surface area contributed by atoms with Crippen molar-refractivity contribution in [2.24, 2.45) is 0 Å². The van der Waals surface area contributed by atoms with Crippen LogP contribution in [0.5, 0.6) is 0 Å². The van der Waals surface area contributed by atoms with Crippen LogP contribution in [-0.4, -0.2) is 47.8 Å². The van der Waals surface area contributed by atoms with Gasteiger partial charge in [0.15, 0.2) is 12.6 Å². The Balaban J connectivity index is 1.55. The summed E-state index contributed by atoms with van der Waals surface area (Å²) in [5.74, 6) is 0. The predicted molar refractivity (Wildman–Crippen MR) is 102 cm³/mol. The van der Waals surface area contributed by atoms with E-state index in [1.165, 1.54) is 0 Å². The molecule has 2 aromatic carbocycles. The highest BCUT2D eigenvalue weighted by atomic mass is 35.5. The third kappa shape index (κ3) is 3.92. The van der Waals surface area contributed by atoms with Crippen LogP contribution in [0.25, 0.3) is 0 Å². The molecule has 150 valence electrons. The van der Waals surface area contributed by atoms with Gasteiger partial charge in [-0.05, 0) is 12.1 Å². The minimum Gasteiger partial charge on any atom is -0.394 e. The number of hydrogen-bond acceptors (Lipinski definition) is 6. The summed E-state index contributed by atoms with van der Waals surface area (Å²) in [6.07, 6.45) is -4.66. The second-order valence-corrected chi connectivity index (χ2v) is 7.48. The molecule has 0 radical (unpaired) electrons. The van der Waals surface area contributed by atoms with Gasteiger partial charge in [-0.3, -0.25) is 0 Å². The first-order valence-electron chi connectivity index (χ1n) is 8.94. The fourth-order valence-corrected chi connectivity index (χ4v) is 3.88. The zero-order valence-corrected chi connectivity index (χ0v) is 16.3. The molecule has 2 saturated heterocycles. The molecular weight excluding hydrogens is 407 g/mol. The van der Waals surface area contributed by atoms with Crippen LogP contribution in [0.3, 0.4) is 0 Å². The van der Waals surface area contributed by atoms with Gasteiger partial charge in [0.25, 0.3) is 0 Å². The van der Waals surface area contributed by atoms with Crippen molar-refractivity contribution >= 4 is 23.2 Å². The standard InChI is InChI=1S/C20H20Cl2O6/c21-13-7-3-1-5-11(13)19-25-10-15(24)17(27-19)18-16(9-23)26-20(28-18)12-6-2-4-8-14(12)22/h1-8,15-20,23-24H,9-10H2/t15-,16+,17-,18-,19?,20?/m0/s1. The monoisotopic (exact) mass is 426 g/mol. The first-order chi connectivity index (χ1) is 13.6. The largest absolute Gasteiger partial charge is 0.394 e. The molecule has 6 atom stereocenters. The third-order valence-corrected chi connectivity index (χ3v) is 5.53. The highest BCUT2D eigenvalue weighted by Crippen LogP contribution is 2.40. The Kier molecular flexibility index (Phi) is 6.20. The molecule has 4 rings (SSSR count). The molecule has 2 N–H and O–H groups in total. The van der Waals surface area contributed by atoms with E-state index >= 15 is 0 Å². The minimum atomic E-state index is -0.952. The minimum absolute atomic E-state index is 0.0370. The molecular formula is C20H20Cl2O6. The van der Waals surface area contributed by atoms with Crippen molar-refractivity contribution in [3.63, 3.8) is 0 Å². The molecule has 28 heavy (non-hydrogen) atoms. The Hall–Kier alpha value is -1.22. The van der Waals surface area contributed by atoms with E-state index in [1.807, 2.05) is 18.2 Å². The Labute approximate surface area is 172 Å². The summed E-state index contributed by atoms with van der Waals surface area (Å²) in [4.78, 5) is 0. The highest BCUT2D eigenvalue weighted by molar-refractivity contribution is 6.31. The van der Waals surface area contributed by atoms with Crippen LogP contribution in [0.1, 0.15) is 23.7 Å². The van der Waals surface area contributed by atoms with Crippen molar-refractivity contribution in [2.75, 3.05) is 13.2 Å². The number of ether oxygens (including phenoxy) is 4. The molecule has 2 fully saturated rings. The molecule has 2 aliphatic heterocycles. The van der Waals surface area contributed by atoms with E-state index in [1.54, 1.807) is 30.3 Å². The van der Waals surface area contributed by atoms with Crippen LogP contribution in [0.15, 0.2) is 48.5 Å². The number of hydrogen-bond donors (Lipinski definition) is 2. The summed E-state index contributed by atoms with van der Waals surface area (Å²) in [5, 5.41) is 21.2. The molecule has 6 nitrogen and oxygen atoms in total. The predicted octanol–water partition coefficient (Wildman–Crippen LogP) is 3.24. The summed E-state index contributed by atoms with van der Waals surface area (Å²) < 4.78 is 23.5. The molecule has 2 heterocycles. The van der Waals surface area contributed by atoms with Gasteiger partial charge in [0, 0.05) is 21.2 Å². The van der Waals surface area contributed by atoms with Gasteiger partial charge in [-0.1, -0.05) is 59.6 Å². The van der Waals surface area contributed by atoms with Gasteiger partial charge in [-0.25, -0.2) is 0 Å². The third-order valence-electron chi connectivity index (χ3n) is 4.85. The molecule has 0 bridgehead atoms. The molecule has 0 aromatic heterocycles. The van der Waals surface area contributed by atoms with E-state index in [2.05, 4.69) is 0 Å². The Bertz CT molecular complexity index is 775. The maximum absolute atomic E-state index is 10.5. The molecule has 2 aromatic rings. The van der Waals surface area contributed by atoms with Gasteiger partial charge in [-0.2, -0.15) is 0 Å². The van der Waals surface area contributed by atoms with Crippen LogP contribution < -0.4 is 0 Å². The number of benzene rings is 2. The van der Waals surface area contributed by atoms with Gasteiger partial charge in [0.2, 0.25) is 0 Å². The topological polar surface area (TPSA) is 77.4 Å². The summed E-state index contributed by atoms with van der Waals surface area (Å²) in [7, 11) is 0. The molecule has 0 aliphatic carbocycles. The molecule has 0 saturated carbocycles. The van der Waals surface area contributed by atoms with E-state index in [-0.39, 0.29) is 13.2 Å². The lowest BCUT2D eigenvalue weighted by atomic mass is 10.0. The summed E-state index contributed by atoms with van der Waals surface area (Å²) in [5.41, 5.74) is 1.30. The SMILES string of the molecule is OC[C@H]1OC(c2ccccc2Cl)O[C@@H]1[C@H]1OC(c2ccccc2Cl)OC[C@@H]1O. The van der Waals surface area contributed by atoms with Gasteiger partial charge < -0.3 is 29.2 Å². The van der Waals surface area contributed by atoms with Crippen molar-refractivity contribution < 1.29 is 29.2 Å². The number of aliphatic hydroxyl groups excluding tert-OH is 2. The zero-order valence-electron chi connectivity index (χ0n) is 14.8. The van der Waals surface area contributed by atoms with Gasteiger partial charge in [0.05, 0.1) is 13.2 Å². The molecule has 2 aliphatic rings. The normalized spacial score (nSPS) is 33.1. The lowest BCUT2D eigenvalue weighted by Crippen LogP contribution is -2.51. The van der Waals surface area contributed by atoms with Crippen LogP contribution in [0.2, 0.25) is 10.0 Å². The number of aliphatic hydroxyl groups is 2. The van der Waals surface area contributed by atoms with Crippen molar-refractivity contribution in [1.29, 1.82) is 0 Å². The second kappa shape index (κ2) is 8.65. The number of halogens is 2. The van der Waals surface area contributed by atoms with Crippen LogP contribution in [0, 0.1) is 0 Å². The van der Waals surface area contributed by atoms with E-state index in [9.17, 15) is 10.2 Å². The van der Waals surface area contributed by atoms with Gasteiger partial charge >= 0.3 is 0 Å². The van der Waals surface area contributed by atoms with Crippen LogP contribution in [0.4, 0.5) is 0 Å². The fraction of sp³-hybridized carbons (Fsp3) is 0.400. The Morgan fingerprint density at radius 2 is 1.39 bits per heavy atom. The summed E-state index contributed by atoms with van der Waals surface area (Å²) >= 11 is 12.5. The van der Waals surface area contributed by atoms with Crippen LogP contribution >= 0.6 is 23.2 Å². The smallest absolute Gasteiger partial charge is 0.186 e. The molecule has 8 heteroatoms. The molecule has 2 unspecified atom stereocenters. The maximum atomic E-state index is 10.5. The van der Waals surface area contributed by atoms with Crippen molar-refractivity contribution in [3.05, 3.63) is 69.7 Å². The number of rotatable bonds is 4. The molecule has 0 amide bonds. The van der Waals surface area contributed by atoms with E-state index in [0.717, 1.165) is 0 Å². The Morgan fingerprint density at radius 1 is 0.821 bits per heavy atom. The second-order valence-electron chi connectivity index (χ2n) is 6.67. The summed E-state index contributed by atoms with van der Waals surface area (Å²) in [6.45, 7) is -0.259. The van der Waals surface area contributed by atoms with Crippen molar-refractivity contribution in [1.82, 2.24) is 0 Å². The van der Waals surface area contributed by atoms with Crippen LogP contribution in [-0.2, 0) is 18.9 Å². The first kappa shape index (κ1) is 20.1. The first-order valence-corrected chi connectivity index (χ1v) is 9.70. The lowest BCUT2D eigenvalue weighted by Gasteiger charge is -2.37. The maximum Gasteiger partial charge on any atom is 0.186 e. The fourth-order valence-electron chi connectivity index (χ4n) is 3.43. The van der Waals surface area contributed by atoms with Crippen molar-refractivity contribution in [3.8, 4) is 0 Å².